The van der Waals surface area contributed by atoms with E-state index >= 15 is 0 Å². The van der Waals surface area contributed by atoms with Gasteiger partial charge in [0.15, 0.2) is 6.61 Å². The smallest absolute Gasteiger partial charge is 0.328 e. The SMILES string of the molecule is COC(=O)[C@H]1Cc2ccccc2CN1C(=O)COc1ccc(Cl)c(C)c1. The number of carbonyl (C=O) groups excluding carboxylic acids is 2. The maximum Gasteiger partial charge on any atom is 0.328 e. The molecule has 0 unspecified atom stereocenters. The first-order valence-corrected chi connectivity index (χ1v) is 8.70. The van der Waals surface area contributed by atoms with Gasteiger partial charge in [-0.25, -0.2) is 4.79 Å². The molecule has 0 N–H and O–H groups in total. The van der Waals surface area contributed by atoms with Crippen LogP contribution in [0.1, 0.15) is 16.7 Å². The van der Waals surface area contributed by atoms with E-state index in [1.165, 1.54) is 12.0 Å². The monoisotopic (exact) mass is 373 g/mol. The van der Waals surface area contributed by atoms with Gasteiger partial charge in [0.2, 0.25) is 0 Å². The first kappa shape index (κ1) is 18.3. The van der Waals surface area contributed by atoms with Gasteiger partial charge >= 0.3 is 5.97 Å². The Morgan fingerprint density at radius 3 is 2.62 bits per heavy atom. The van der Waals surface area contributed by atoms with E-state index in [1.807, 2.05) is 31.2 Å². The first-order chi connectivity index (χ1) is 12.5. The number of amides is 1. The van der Waals surface area contributed by atoms with Crippen LogP contribution in [0.3, 0.4) is 0 Å². The lowest BCUT2D eigenvalue weighted by Crippen LogP contribution is -2.50. The number of methoxy groups -OCH3 is 1. The molecule has 2 aromatic carbocycles. The van der Waals surface area contributed by atoms with Crippen LogP contribution in [0.5, 0.6) is 5.75 Å². The van der Waals surface area contributed by atoms with Crippen molar-refractivity contribution in [3.8, 4) is 5.75 Å². The van der Waals surface area contributed by atoms with Crippen LogP contribution in [0.4, 0.5) is 0 Å². The molecule has 1 atom stereocenters. The standard InChI is InChI=1S/C20H20ClNO4/c1-13-9-16(7-8-17(13)21)26-12-19(23)22-11-15-6-4-3-5-14(15)10-18(22)20(24)25-2/h3-9,18H,10-12H2,1-2H3/t18-/m1/s1. The third kappa shape index (κ3) is 3.83. The lowest BCUT2D eigenvalue weighted by Gasteiger charge is -2.35. The molecule has 5 nitrogen and oxygen atoms in total. The normalized spacial score (nSPS) is 16.0. The Morgan fingerprint density at radius 2 is 1.92 bits per heavy atom. The summed E-state index contributed by atoms with van der Waals surface area (Å²) in [6.07, 6.45) is 0.439. The molecule has 1 aliphatic rings. The van der Waals surface area contributed by atoms with Gasteiger partial charge in [-0.1, -0.05) is 35.9 Å². The van der Waals surface area contributed by atoms with E-state index in [0.29, 0.717) is 23.7 Å². The minimum absolute atomic E-state index is 0.156. The second-order valence-corrected chi connectivity index (χ2v) is 6.64. The predicted octanol–water partition coefficient (Wildman–Crippen LogP) is 3.15. The lowest BCUT2D eigenvalue weighted by molar-refractivity contribution is -0.154. The van der Waals surface area contributed by atoms with Crippen LogP contribution in [-0.2, 0) is 27.3 Å². The fourth-order valence-electron chi connectivity index (χ4n) is 3.07. The number of rotatable bonds is 4. The molecule has 136 valence electrons. The molecule has 0 aromatic heterocycles. The average Bonchev–Trinajstić information content (AvgIpc) is 2.67. The van der Waals surface area contributed by atoms with Crippen molar-refractivity contribution < 1.29 is 19.1 Å². The zero-order valence-corrected chi connectivity index (χ0v) is 15.5. The third-order valence-corrected chi connectivity index (χ3v) is 4.96. The maximum absolute atomic E-state index is 12.7. The number of nitrogens with zero attached hydrogens (tertiary/aromatic N) is 1. The second kappa shape index (κ2) is 7.79. The van der Waals surface area contributed by atoms with E-state index < -0.39 is 12.0 Å². The van der Waals surface area contributed by atoms with Gasteiger partial charge in [0.25, 0.3) is 5.91 Å². The van der Waals surface area contributed by atoms with Gasteiger partial charge in [-0.3, -0.25) is 4.79 Å². The molecule has 1 aliphatic heterocycles. The van der Waals surface area contributed by atoms with Crippen molar-refractivity contribution in [2.75, 3.05) is 13.7 Å². The number of aryl methyl sites for hydroxylation is 1. The van der Waals surface area contributed by atoms with Gasteiger partial charge in [0, 0.05) is 18.0 Å². The minimum atomic E-state index is -0.641. The number of halogens is 1. The average molecular weight is 374 g/mol. The summed E-state index contributed by atoms with van der Waals surface area (Å²) in [5.74, 6) is -0.120. The molecule has 0 saturated carbocycles. The second-order valence-electron chi connectivity index (χ2n) is 6.23. The Balaban J connectivity index is 1.75. The van der Waals surface area contributed by atoms with E-state index in [0.717, 1.165) is 16.7 Å². The van der Waals surface area contributed by atoms with Gasteiger partial charge in [-0.2, -0.15) is 0 Å². The summed E-state index contributed by atoms with van der Waals surface area (Å²) >= 11 is 6.00. The Bertz CT molecular complexity index is 836. The van der Waals surface area contributed by atoms with E-state index in [1.54, 1.807) is 18.2 Å². The highest BCUT2D eigenvalue weighted by Crippen LogP contribution is 2.25. The van der Waals surface area contributed by atoms with Gasteiger partial charge in [-0.05, 0) is 41.8 Å². The van der Waals surface area contributed by atoms with Crippen LogP contribution >= 0.6 is 11.6 Å². The van der Waals surface area contributed by atoms with E-state index in [9.17, 15) is 9.59 Å². The molecule has 0 bridgehead atoms. The molecule has 0 aliphatic carbocycles. The van der Waals surface area contributed by atoms with Crippen LogP contribution in [0, 0.1) is 6.92 Å². The summed E-state index contributed by atoms with van der Waals surface area (Å²) in [5.41, 5.74) is 2.96. The van der Waals surface area contributed by atoms with Crippen molar-refractivity contribution in [3.05, 3.63) is 64.2 Å². The maximum atomic E-state index is 12.7. The molecule has 6 heteroatoms. The van der Waals surface area contributed by atoms with Crippen molar-refractivity contribution in [2.24, 2.45) is 0 Å². The fraction of sp³-hybridized carbons (Fsp3) is 0.300. The van der Waals surface area contributed by atoms with Crippen LogP contribution in [0.15, 0.2) is 42.5 Å². The van der Waals surface area contributed by atoms with E-state index in [-0.39, 0.29) is 12.5 Å². The Kier molecular flexibility index (Phi) is 5.47. The molecule has 1 heterocycles. The van der Waals surface area contributed by atoms with E-state index in [4.69, 9.17) is 21.1 Å². The van der Waals surface area contributed by atoms with Gasteiger partial charge in [-0.15, -0.1) is 0 Å². The number of fused-ring (bicyclic) bond motifs is 1. The predicted molar refractivity (Wildman–Crippen MR) is 98.2 cm³/mol. The van der Waals surface area contributed by atoms with Crippen molar-refractivity contribution in [1.29, 1.82) is 0 Å². The molecule has 0 fully saturated rings. The van der Waals surface area contributed by atoms with Crippen molar-refractivity contribution in [2.45, 2.75) is 25.9 Å². The fourth-order valence-corrected chi connectivity index (χ4v) is 3.18. The largest absolute Gasteiger partial charge is 0.484 e. The van der Waals surface area contributed by atoms with Crippen molar-refractivity contribution in [3.63, 3.8) is 0 Å². The Labute approximate surface area is 157 Å². The summed E-state index contributed by atoms with van der Waals surface area (Å²) in [6.45, 7) is 2.07. The van der Waals surface area contributed by atoms with Crippen molar-refractivity contribution >= 4 is 23.5 Å². The highest BCUT2D eigenvalue weighted by Gasteiger charge is 2.35. The summed E-state index contributed by atoms with van der Waals surface area (Å²) < 4.78 is 10.5. The number of esters is 1. The molecular formula is C20H20ClNO4. The number of benzene rings is 2. The number of hydrogen-bond donors (Lipinski definition) is 0. The minimum Gasteiger partial charge on any atom is -0.484 e. The molecule has 1 amide bonds. The van der Waals surface area contributed by atoms with Gasteiger partial charge in [0.05, 0.1) is 7.11 Å². The topological polar surface area (TPSA) is 55.8 Å². The van der Waals surface area contributed by atoms with Gasteiger partial charge in [0.1, 0.15) is 11.8 Å². The van der Waals surface area contributed by atoms with Crippen LogP contribution < -0.4 is 4.74 Å². The molecule has 26 heavy (non-hydrogen) atoms. The molecule has 0 saturated heterocycles. The van der Waals surface area contributed by atoms with Crippen LogP contribution in [0.2, 0.25) is 5.02 Å². The van der Waals surface area contributed by atoms with Crippen LogP contribution in [-0.4, -0.2) is 36.5 Å². The summed E-state index contributed by atoms with van der Waals surface area (Å²) in [5, 5.41) is 0.641. The molecule has 0 spiro atoms. The number of ether oxygens (including phenoxy) is 2. The number of hydrogen-bond acceptors (Lipinski definition) is 4. The highest BCUT2D eigenvalue weighted by molar-refractivity contribution is 6.31. The quantitative estimate of drug-likeness (QED) is 0.772. The summed E-state index contributed by atoms with van der Waals surface area (Å²) in [6, 6.07) is 12.4. The van der Waals surface area contributed by atoms with Crippen molar-refractivity contribution in [1.82, 2.24) is 4.90 Å². The zero-order valence-electron chi connectivity index (χ0n) is 14.7. The van der Waals surface area contributed by atoms with E-state index in [2.05, 4.69) is 0 Å². The summed E-state index contributed by atoms with van der Waals surface area (Å²) in [4.78, 5) is 26.4. The first-order valence-electron chi connectivity index (χ1n) is 8.32. The van der Waals surface area contributed by atoms with Gasteiger partial charge < -0.3 is 14.4 Å². The molecule has 3 rings (SSSR count). The molecular weight excluding hydrogens is 354 g/mol. The van der Waals surface area contributed by atoms with Crippen LogP contribution in [0.25, 0.3) is 0 Å². The zero-order chi connectivity index (χ0) is 18.7. The number of carbonyl (C=O) groups is 2. The Morgan fingerprint density at radius 1 is 1.19 bits per heavy atom. The molecule has 2 aromatic rings. The Hall–Kier alpha value is -2.53. The highest BCUT2D eigenvalue weighted by atomic mass is 35.5. The third-order valence-electron chi connectivity index (χ3n) is 4.53. The molecule has 0 radical (unpaired) electrons. The summed E-state index contributed by atoms with van der Waals surface area (Å²) in [7, 11) is 1.33. The lowest BCUT2D eigenvalue weighted by atomic mass is 9.94.